The summed E-state index contributed by atoms with van der Waals surface area (Å²) in [5, 5.41) is 23.9. The Bertz CT molecular complexity index is 404. The van der Waals surface area contributed by atoms with E-state index in [2.05, 4.69) is 19.7 Å². The summed E-state index contributed by atoms with van der Waals surface area (Å²) in [5.41, 5.74) is 0.313. The Hall–Kier alpha value is -2.41. The Morgan fingerprint density at radius 1 is 1.18 bits per heavy atom. The third-order valence-electron chi connectivity index (χ3n) is 2.56. The van der Waals surface area contributed by atoms with Crippen LogP contribution in [-0.2, 0) is 19.1 Å². The fraction of sp³-hybridized carbons (Fsp3) is 0.400. The molecular weight excluding hydrogens is 292 g/mol. The first-order valence-electron chi connectivity index (χ1n) is 6.43. The zero-order valence-electron chi connectivity index (χ0n) is 12.5. The van der Waals surface area contributed by atoms with Crippen LogP contribution < -0.4 is 0 Å². The van der Waals surface area contributed by atoms with Crippen LogP contribution in [0.5, 0.6) is 0 Å². The molecule has 0 amide bonds. The van der Waals surface area contributed by atoms with Gasteiger partial charge in [-0.2, -0.15) is 0 Å². The number of aliphatic carboxylic acids is 3. The number of rotatable bonds is 7. The van der Waals surface area contributed by atoms with Crippen LogP contribution in [0.1, 0.15) is 19.8 Å². The lowest BCUT2D eigenvalue weighted by molar-refractivity contribution is -0.133. The van der Waals surface area contributed by atoms with Crippen LogP contribution in [-0.4, -0.2) is 45.9 Å². The zero-order chi connectivity index (χ0) is 17.7. The number of epoxide rings is 1. The molecule has 7 heteroatoms. The van der Waals surface area contributed by atoms with Crippen LogP contribution in [0.4, 0.5) is 0 Å². The number of ether oxygens (including phenoxy) is 1. The van der Waals surface area contributed by atoms with Crippen molar-refractivity contribution in [2.45, 2.75) is 25.9 Å². The highest BCUT2D eigenvalue weighted by Crippen LogP contribution is 2.26. The van der Waals surface area contributed by atoms with E-state index in [4.69, 9.17) is 20.1 Å². The first-order valence-corrected chi connectivity index (χ1v) is 6.43. The summed E-state index contributed by atoms with van der Waals surface area (Å²) in [5.74, 6) is -2.77. The highest BCUT2D eigenvalue weighted by Gasteiger charge is 2.28. The van der Waals surface area contributed by atoms with Gasteiger partial charge in [-0.3, -0.25) is 0 Å². The standard InChI is InChI=1S/C9H14O3.2C3H4O2/c1-3-7(4-8-5-12-8)6(2)9(10)11;2*1-2-3(4)5/h7-8H,2-5H2,1H3,(H,10,11);2*2H,1H2,(H,4,5). The third kappa shape index (κ3) is 14.0. The molecule has 1 rings (SSSR count). The van der Waals surface area contributed by atoms with Gasteiger partial charge in [0.15, 0.2) is 0 Å². The molecule has 1 fully saturated rings. The van der Waals surface area contributed by atoms with E-state index in [1.807, 2.05) is 6.92 Å². The van der Waals surface area contributed by atoms with E-state index in [9.17, 15) is 14.4 Å². The molecule has 0 aliphatic carbocycles. The summed E-state index contributed by atoms with van der Waals surface area (Å²) in [6.07, 6.45) is 3.58. The average molecular weight is 314 g/mol. The molecule has 0 aromatic carbocycles. The lowest BCUT2D eigenvalue weighted by atomic mass is 9.93. The van der Waals surface area contributed by atoms with Gasteiger partial charge in [-0.25, -0.2) is 14.4 Å². The van der Waals surface area contributed by atoms with Gasteiger partial charge < -0.3 is 20.1 Å². The van der Waals surface area contributed by atoms with E-state index in [1.165, 1.54) is 0 Å². The van der Waals surface area contributed by atoms with Gasteiger partial charge in [0.1, 0.15) is 0 Å². The number of hydrogen-bond acceptors (Lipinski definition) is 4. The Morgan fingerprint density at radius 3 is 1.73 bits per heavy atom. The summed E-state index contributed by atoms with van der Waals surface area (Å²) >= 11 is 0. The summed E-state index contributed by atoms with van der Waals surface area (Å²) in [7, 11) is 0. The number of hydrogen-bond donors (Lipinski definition) is 3. The molecule has 0 saturated carbocycles. The van der Waals surface area contributed by atoms with Crippen LogP contribution in [0.2, 0.25) is 0 Å². The van der Waals surface area contributed by atoms with E-state index in [0.29, 0.717) is 5.57 Å². The van der Waals surface area contributed by atoms with E-state index in [1.54, 1.807) is 0 Å². The summed E-state index contributed by atoms with van der Waals surface area (Å²) in [6.45, 7) is 12.2. The first kappa shape index (κ1) is 21.9. The third-order valence-corrected chi connectivity index (χ3v) is 2.56. The maximum atomic E-state index is 10.6. The van der Waals surface area contributed by atoms with Crippen molar-refractivity contribution >= 4 is 17.9 Å². The summed E-state index contributed by atoms with van der Waals surface area (Å²) < 4.78 is 5.04. The van der Waals surface area contributed by atoms with Crippen molar-refractivity contribution < 1.29 is 34.4 Å². The molecule has 1 heterocycles. The van der Waals surface area contributed by atoms with E-state index >= 15 is 0 Å². The minimum absolute atomic E-state index is 0.0787. The van der Waals surface area contributed by atoms with Gasteiger partial charge in [0, 0.05) is 17.7 Å². The molecule has 1 aliphatic rings. The van der Waals surface area contributed by atoms with Gasteiger partial charge >= 0.3 is 17.9 Å². The predicted octanol–water partition coefficient (Wildman–Crippen LogP) is 1.96. The number of carboxylic acid groups (broad SMARTS) is 3. The molecule has 22 heavy (non-hydrogen) atoms. The van der Waals surface area contributed by atoms with Crippen LogP contribution in [0.15, 0.2) is 37.5 Å². The van der Waals surface area contributed by atoms with Gasteiger partial charge in [-0.05, 0) is 18.8 Å². The zero-order valence-corrected chi connectivity index (χ0v) is 12.5. The fourth-order valence-corrected chi connectivity index (χ4v) is 1.25. The van der Waals surface area contributed by atoms with Gasteiger partial charge in [0.25, 0.3) is 0 Å². The van der Waals surface area contributed by atoms with Gasteiger partial charge in [0.05, 0.1) is 12.7 Å². The molecule has 1 aliphatic heterocycles. The quantitative estimate of drug-likeness (QED) is 0.484. The van der Waals surface area contributed by atoms with Crippen LogP contribution in [0, 0.1) is 5.92 Å². The van der Waals surface area contributed by atoms with Crippen molar-refractivity contribution in [3.05, 3.63) is 37.5 Å². The van der Waals surface area contributed by atoms with Crippen molar-refractivity contribution in [1.82, 2.24) is 0 Å². The molecule has 124 valence electrons. The fourth-order valence-electron chi connectivity index (χ4n) is 1.25. The smallest absolute Gasteiger partial charge is 0.331 e. The Balaban J connectivity index is 0. The normalized spacial score (nSPS) is 15.6. The topological polar surface area (TPSA) is 124 Å². The highest BCUT2D eigenvalue weighted by atomic mass is 16.6. The first-order chi connectivity index (χ1) is 10.2. The molecule has 2 atom stereocenters. The Morgan fingerprint density at radius 2 is 1.55 bits per heavy atom. The van der Waals surface area contributed by atoms with E-state index in [-0.39, 0.29) is 12.0 Å². The molecule has 2 unspecified atom stereocenters. The van der Waals surface area contributed by atoms with E-state index < -0.39 is 17.9 Å². The molecule has 7 nitrogen and oxygen atoms in total. The SMILES string of the molecule is C=C(C(=O)O)C(CC)CC1CO1.C=CC(=O)O.C=CC(=O)O. The monoisotopic (exact) mass is 314 g/mol. The summed E-state index contributed by atoms with van der Waals surface area (Å²) in [4.78, 5) is 29.1. The maximum Gasteiger partial charge on any atom is 0.331 e. The lowest BCUT2D eigenvalue weighted by Crippen LogP contribution is -2.13. The van der Waals surface area contributed by atoms with Crippen LogP contribution >= 0.6 is 0 Å². The average Bonchev–Trinajstić information content (AvgIpc) is 3.29. The van der Waals surface area contributed by atoms with Crippen molar-refractivity contribution in [1.29, 1.82) is 0 Å². The van der Waals surface area contributed by atoms with Gasteiger partial charge in [0.2, 0.25) is 0 Å². The second-order valence-corrected chi connectivity index (χ2v) is 4.21. The molecule has 3 N–H and O–H groups in total. The molecular formula is C15H22O7. The number of carbonyl (C=O) groups is 3. The maximum absolute atomic E-state index is 10.6. The van der Waals surface area contributed by atoms with Gasteiger partial charge in [-0.1, -0.05) is 26.7 Å². The molecule has 0 aromatic rings. The van der Waals surface area contributed by atoms with Crippen molar-refractivity contribution in [2.75, 3.05) is 6.61 Å². The van der Waals surface area contributed by atoms with Crippen LogP contribution in [0.25, 0.3) is 0 Å². The van der Waals surface area contributed by atoms with Crippen molar-refractivity contribution in [2.24, 2.45) is 5.92 Å². The highest BCUT2D eigenvalue weighted by molar-refractivity contribution is 5.86. The molecule has 0 spiro atoms. The minimum atomic E-state index is -0.981. The van der Waals surface area contributed by atoms with Gasteiger partial charge in [-0.15, -0.1) is 0 Å². The molecule has 0 aromatic heterocycles. The van der Waals surface area contributed by atoms with Crippen molar-refractivity contribution in [3.63, 3.8) is 0 Å². The number of carboxylic acids is 3. The van der Waals surface area contributed by atoms with E-state index in [0.717, 1.165) is 31.6 Å². The second kappa shape index (κ2) is 12.3. The van der Waals surface area contributed by atoms with Crippen molar-refractivity contribution in [3.8, 4) is 0 Å². The Kier molecular flexibility index (Phi) is 12.3. The molecule has 1 saturated heterocycles. The second-order valence-electron chi connectivity index (χ2n) is 4.21. The molecule has 0 bridgehead atoms. The van der Waals surface area contributed by atoms with Crippen LogP contribution in [0.3, 0.4) is 0 Å². The Labute approximate surface area is 129 Å². The largest absolute Gasteiger partial charge is 0.478 e. The summed E-state index contributed by atoms with van der Waals surface area (Å²) in [6, 6.07) is 0. The minimum Gasteiger partial charge on any atom is -0.478 e. The molecule has 0 radical (unpaired) electrons. The predicted molar refractivity (Wildman–Crippen MR) is 80.6 cm³/mol. The lowest BCUT2D eigenvalue weighted by Gasteiger charge is -2.12.